The number of benzene rings is 2. The van der Waals surface area contributed by atoms with Gasteiger partial charge in [0.25, 0.3) is 5.91 Å². The van der Waals surface area contributed by atoms with Gasteiger partial charge in [0.2, 0.25) is 10.0 Å². The lowest BCUT2D eigenvalue weighted by atomic mass is 10.2. The van der Waals surface area contributed by atoms with E-state index in [0.717, 1.165) is 6.26 Å². The van der Waals surface area contributed by atoms with E-state index in [0.29, 0.717) is 22.0 Å². The number of hydrogen-bond donors (Lipinski definition) is 1. The zero-order valence-electron chi connectivity index (χ0n) is 15.5. The van der Waals surface area contributed by atoms with Crippen LogP contribution in [-0.4, -0.2) is 33.2 Å². The summed E-state index contributed by atoms with van der Waals surface area (Å²) in [5.41, 5.74) is 1.19. The highest BCUT2D eigenvalue weighted by Crippen LogP contribution is 2.26. The Balaban J connectivity index is 2.13. The van der Waals surface area contributed by atoms with Gasteiger partial charge in [-0.3, -0.25) is 9.10 Å². The lowest BCUT2D eigenvalue weighted by molar-refractivity contribution is -0.123. The van der Waals surface area contributed by atoms with Crippen LogP contribution in [0.25, 0.3) is 0 Å². The van der Waals surface area contributed by atoms with E-state index >= 15 is 0 Å². The van der Waals surface area contributed by atoms with Crippen molar-refractivity contribution < 1.29 is 17.9 Å². The van der Waals surface area contributed by atoms with Gasteiger partial charge in [-0.15, -0.1) is 0 Å². The van der Waals surface area contributed by atoms with Crippen LogP contribution in [0, 0.1) is 0 Å². The number of nitrogens with one attached hydrogen (secondary N) is 1. The lowest BCUT2D eigenvalue weighted by Crippen LogP contribution is -2.34. The highest BCUT2D eigenvalue weighted by molar-refractivity contribution is 7.92. The number of sulfonamides is 1. The first-order valence-electron chi connectivity index (χ1n) is 8.40. The van der Waals surface area contributed by atoms with Gasteiger partial charge in [0.15, 0.2) is 6.61 Å². The number of carbonyl (C=O) groups excluding carboxylic acids is 1. The van der Waals surface area contributed by atoms with E-state index < -0.39 is 10.0 Å². The fraction of sp³-hybridized carbons (Fsp3) is 0.316. The molecule has 8 heteroatoms. The average Bonchev–Trinajstić information content (AvgIpc) is 2.58. The minimum absolute atomic E-state index is 0.0385. The number of amides is 1. The number of carbonyl (C=O) groups is 1. The molecule has 1 N–H and O–H groups in total. The third kappa shape index (κ3) is 6.45. The maximum Gasteiger partial charge on any atom is 0.258 e. The summed E-state index contributed by atoms with van der Waals surface area (Å²) in [6, 6.07) is 13.7. The van der Waals surface area contributed by atoms with E-state index in [1.807, 2.05) is 13.8 Å². The molecule has 6 nitrogen and oxygen atoms in total. The predicted molar refractivity (Wildman–Crippen MR) is 108 cm³/mol. The summed E-state index contributed by atoms with van der Waals surface area (Å²) >= 11 is 6.16. The summed E-state index contributed by atoms with van der Waals surface area (Å²) < 4.78 is 31.2. The van der Waals surface area contributed by atoms with Crippen molar-refractivity contribution in [3.63, 3.8) is 0 Å². The van der Waals surface area contributed by atoms with Gasteiger partial charge in [0.05, 0.1) is 18.5 Å². The van der Waals surface area contributed by atoms with Crippen molar-refractivity contribution in [1.29, 1.82) is 0 Å². The lowest BCUT2D eigenvalue weighted by Gasteiger charge is -2.23. The molecular formula is C19H23ClN2O4S. The molecule has 27 heavy (non-hydrogen) atoms. The Kier molecular flexibility index (Phi) is 7.10. The van der Waals surface area contributed by atoms with E-state index in [4.69, 9.17) is 16.3 Å². The van der Waals surface area contributed by atoms with Crippen LogP contribution in [0.3, 0.4) is 0 Å². The van der Waals surface area contributed by atoms with Crippen LogP contribution < -0.4 is 14.4 Å². The molecule has 2 aromatic carbocycles. The van der Waals surface area contributed by atoms with Crippen LogP contribution in [0.4, 0.5) is 5.69 Å². The van der Waals surface area contributed by atoms with Crippen LogP contribution in [0.1, 0.15) is 19.4 Å². The van der Waals surface area contributed by atoms with Gasteiger partial charge in [0, 0.05) is 11.1 Å². The Morgan fingerprint density at radius 2 is 1.78 bits per heavy atom. The van der Waals surface area contributed by atoms with Crippen molar-refractivity contribution in [2.45, 2.75) is 26.4 Å². The van der Waals surface area contributed by atoms with Crippen molar-refractivity contribution >= 4 is 33.2 Å². The van der Waals surface area contributed by atoms with Crippen LogP contribution in [-0.2, 0) is 21.4 Å². The number of ether oxygens (including phenoxy) is 1. The van der Waals surface area contributed by atoms with E-state index in [1.165, 1.54) is 4.31 Å². The molecule has 0 saturated carbocycles. The van der Waals surface area contributed by atoms with Crippen molar-refractivity contribution in [2.24, 2.45) is 0 Å². The molecule has 146 valence electrons. The highest BCUT2D eigenvalue weighted by atomic mass is 35.5. The fourth-order valence-corrected chi connectivity index (χ4v) is 3.48. The Hall–Kier alpha value is -2.25. The Labute approximate surface area is 165 Å². The molecule has 0 bridgehead atoms. The Bertz CT molecular complexity index is 883. The monoisotopic (exact) mass is 410 g/mol. The first kappa shape index (κ1) is 21.1. The maximum atomic E-state index is 12.2. The summed E-state index contributed by atoms with van der Waals surface area (Å²) in [6.07, 6.45) is 1.14. The molecule has 0 aliphatic rings. The number of nitrogens with zero attached hydrogens (tertiary/aromatic N) is 1. The first-order chi connectivity index (χ1) is 12.7. The van der Waals surface area contributed by atoms with Gasteiger partial charge in [-0.25, -0.2) is 8.42 Å². The second-order valence-electron chi connectivity index (χ2n) is 6.37. The van der Waals surface area contributed by atoms with Gasteiger partial charge < -0.3 is 10.1 Å². The van der Waals surface area contributed by atoms with E-state index in [2.05, 4.69) is 5.32 Å². The minimum Gasteiger partial charge on any atom is -0.484 e. The van der Waals surface area contributed by atoms with Crippen LogP contribution in [0.5, 0.6) is 5.75 Å². The smallest absolute Gasteiger partial charge is 0.258 e. The number of rotatable bonds is 8. The third-order valence-electron chi connectivity index (χ3n) is 3.62. The van der Waals surface area contributed by atoms with E-state index in [1.54, 1.807) is 48.5 Å². The molecule has 0 atom stereocenters. The molecule has 0 aliphatic heterocycles. The molecule has 0 unspecified atom stereocenters. The maximum absolute atomic E-state index is 12.2. The SMILES string of the molecule is CC(C)NC(=O)COc1ccc(N(Cc2ccccc2Cl)S(C)(=O)=O)cc1. The molecule has 0 fully saturated rings. The van der Waals surface area contributed by atoms with Gasteiger partial charge in [-0.1, -0.05) is 29.8 Å². The number of hydrogen-bond acceptors (Lipinski definition) is 4. The quantitative estimate of drug-likeness (QED) is 0.725. The summed E-state index contributed by atoms with van der Waals surface area (Å²) in [4.78, 5) is 11.6. The van der Waals surface area contributed by atoms with Gasteiger partial charge in [0.1, 0.15) is 5.75 Å². The van der Waals surface area contributed by atoms with Gasteiger partial charge in [-0.05, 0) is 49.7 Å². The summed E-state index contributed by atoms with van der Waals surface area (Å²) in [5.74, 6) is 0.259. The largest absolute Gasteiger partial charge is 0.484 e. The summed E-state index contributed by atoms with van der Waals surface area (Å²) in [6.45, 7) is 3.75. The normalized spacial score (nSPS) is 11.3. The second kappa shape index (κ2) is 9.10. The summed E-state index contributed by atoms with van der Waals surface area (Å²) in [5, 5.41) is 3.23. The second-order valence-corrected chi connectivity index (χ2v) is 8.68. The molecular weight excluding hydrogens is 388 g/mol. The standard InChI is InChI=1S/C19H23ClN2O4S/c1-14(2)21-19(23)13-26-17-10-8-16(9-11-17)22(27(3,24)25)12-15-6-4-5-7-18(15)20/h4-11,14H,12-13H2,1-3H3,(H,21,23). The predicted octanol–water partition coefficient (Wildman–Crippen LogP) is 3.21. The Morgan fingerprint density at radius 1 is 1.15 bits per heavy atom. The van der Waals surface area contributed by atoms with Crippen molar-refractivity contribution in [2.75, 3.05) is 17.2 Å². The first-order valence-corrected chi connectivity index (χ1v) is 10.6. The zero-order valence-corrected chi connectivity index (χ0v) is 17.0. The molecule has 0 heterocycles. The van der Waals surface area contributed by atoms with Gasteiger partial charge in [-0.2, -0.15) is 0 Å². The van der Waals surface area contributed by atoms with E-state index in [9.17, 15) is 13.2 Å². The molecule has 0 radical (unpaired) electrons. The molecule has 0 spiro atoms. The average molecular weight is 411 g/mol. The van der Waals surface area contributed by atoms with Crippen molar-refractivity contribution in [1.82, 2.24) is 5.32 Å². The number of halogens is 1. The zero-order chi connectivity index (χ0) is 20.0. The highest BCUT2D eigenvalue weighted by Gasteiger charge is 2.19. The molecule has 0 saturated heterocycles. The van der Waals surface area contributed by atoms with Crippen molar-refractivity contribution in [3.8, 4) is 5.75 Å². The molecule has 1 amide bonds. The van der Waals surface area contributed by atoms with Crippen molar-refractivity contribution in [3.05, 3.63) is 59.1 Å². The molecule has 2 rings (SSSR count). The topological polar surface area (TPSA) is 75.7 Å². The molecule has 0 aliphatic carbocycles. The number of anilines is 1. The van der Waals surface area contributed by atoms with Crippen LogP contribution in [0.15, 0.2) is 48.5 Å². The fourth-order valence-electron chi connectivity index (χ4n) is 2.40. The van der Waals surface area contributed by atoms with Crippen LogP contribution in [0.2, 0.25) is 5.02 Å². The van der Waals surface area contributed by atoms with Crippen LogP contribution >= 0.6 is 11.6 Å². The summed E-state index contributed by atoms with van der Waals surface area (Å²) in [7, 11) is -3.52. The Morgan fingerprint density at radius 3 is 2.33 bits per heavy atom. The molecule has 0 aromatic heterocycles. The molecule has 2 aromatic rings. The minimum atomic E-state index is -3.52. The van der Waals surface area contributed by atoms with Gasteiger partial charge >= 0.3 is 0 Å². The third-order valence-corrected chi connectivity index (χ3v) is 5.13. The van der Waals surface area contributed by atoms with E-state index in [-0.39, 0.29) is 25.1 Å².